The maximum Gasteiger partial charge on any atom is 0.127 e. The normalized spacial score (nSPS) is 21.4. The molecule has 104 valence electrons. The average Bonchev–Trinajstić information content (AvgIpc) is 3.04. The number of hydrogen-bond acceptors (Lipinski definition) is 3. The summed E-state index contributed by atoms with van der Waals surface area (Å²) in [6.07, 6.45) is 3.45. The summed E-state index contributed by atoms with van der Waals surface area (Å²) in [4.78, 5) is 0. The van der Waals surface area contributed by atoms with E-state index in [1.165, 1.54) is 24.0 Å². The van der Waals surface area contributed by atoms with Crippen LogP contribution in [0.1, 0.15) is 24.0 Å². The van der Waals surface area contributed by atoms with Gasteiger partial charge in [-0.15, -0.1) is 0 Å². The Morgan fingerprint density at radius 2 is 2.26 bits per heavy atom. The van der Waals surface area contributed by atoms with Crippen LogP contribution < -0.4 is 10.1 Å². The van der Waals surface area contributed by atoms with E-state index in [0.29, 0.717) is 0 Å². The van der Waals surface area contributed by atoms with E-state index in [1.54, 1.807) is 0 Å². The second-order valence-corrected chi connectivity index (χ2v) is 6.26. The second-order valence-electron chi connectivity index (χ2n) is 5.35. The highest BCUT2D eigenvalue weighted by molar-refractivity contribution is 9.10. The molecule has 0 aromatic heterocycles. The first-order chi connectivity index (χ1) is 9.33. The largest absolute Gasteiger partial charge is 0.493 e. The Morgan fingerprint density at radius 1 is 1.32 bits per heavy atom. The molecule has 0 bridgehead atoms. The molecular formula is C15H20BrNO2. The van der Waals surface area contributed by atoms with Gasteiger partial charge in [-0.2, -0.15) is 0 Å². The van der Waals surface area contributed by atoms with Gasteiger partial charge in [0.2, 0.25) is 0 Å². The first-order valence-corrected chi connectivity index (χ1v) is 7.85. The van der Waals surface area contributed by atoms with Gasteiger partial charge in [-0.3, -0.25) is 0 Å². The van der Waals surface area contributed by atoms with Crippen LogP contribution in [0.15, 0.2) is 16.6 Å². The van der Waals surface area contributed by atoms with Gasteiger partial charge in [-0.25, -0.2) is 0 Å². The topological polar surface area (TPSA) is 30.5 Å². The van der Waals surface area contributed by atoms with Crippen LogP contribution in [0.5, 0.6) is 5.75 Å². The lowest BCUT2D eigenvalue weighted by molar-refractivity contribution is 0.184. The maximum atomic E-state index is 5.73. The zero-order valence-electron chi connectivity index (χ0n) is 11.1. The molecule has 4 heteroatoms. The third kappa shape index (κ3) is 3.30. The van der Waals surface area contributed by atoms with E-state index >= 15 is 0 Å². The molecule has 1 aromatic rings. The molecule has 2 aliphatic heterocycles. The Bertz CT molecular complexity index is 444. The number of nitrogens with one attached hydrogen (secondary N) is 1. The Morgan fingerprint density at radius 3 is 3.11 bits per heavy atom. The van der Waals surface area contributed by atoms with Crippen LogP contribution in [0.2, 0.25) is 0 Å². The van der Waals surface area contributed by atoms with E-state index in [4.69, 9.17) is 9.47 Å². The van der Waals surface area contributed by atoms with Gasteiger partial charge >= 0.3 is 0 Å². The lowest BCUT2D eigenvalue weighted by Crippen LogP contribution is -2.18. The monoisotopic (exact) mass is 325 g/mol. The highest BCUT2D eigenvalue weighted by Gasteiger charge is 2.18. The van der Waals surface area contributed by atoms with Crippen molar-refractivity contribution < 1.29 is 9.47 Å². The lowest BCUT2D eigenvalue weighted by atomic mass is 10.1. The number of halogens is 1. The highest BCUT2D eigenvalue weighted by Crippen LogP contribution is 2.32. The van der Waals surface area contributed by atoms with Crippen LogP contribution in [0, 0.1) is 5.92 Å². The zero-order chi connectivity index (χ0) is 13.1. The lowest BCUT2D eigenvalue weighted by Gasteiger charge is -2.12. The van der Waals surface area contributed by atoms with Crippen LogP contribution >= 0.6 is 15.9 Å². The molecule has 0 radical (unpaired) electrons. The molecule has 1 saturated heterocycles. The molecule has 2 heterocycles. The van der Waals surface area contributed by atoms with Gasteiger partial charge in [-0.1, -0.05) is 15.9 Å². The van der Waals surface area contributed by atoms with Crippen molar-refractivity contribution in [2.75, 3.05) is 26.4 Å². The van der Waals surface area contributed by atoms with E-state index in [9.17, 15) is 0 Å². The summed E-state index contributed by atoms with van der Waals surface area (Å²) < 4.78 is 12.3. The molecule has 19 heavy (non-hydrogen) atoms. The minimum atomic E-state index is 0.747. The van der Waals surface area contributed by atoms with Crippen LogP contribution in [-0.4, -0.2) is 26.4 Å². The predicted molar refractivity (Wildman–Crippen MR) is 78.6 cm³/mol. The van der Waals surface area contributed by atoms with Crippen molar-refractivity contribution in [3.8, 4) is 5.75 Å². The second kappa shape index (κ2) is 6.25. The van der Waals surface area contributed by atoms with Crippen molar-refractivity contribution in [1.29, 1.82) is 0 Å². The van der Waals surface area contributed by atoms with E-state index in [1.807, 2.05) is 0 Å². The first-order valence-electron chi connectivity index (χ1n) is 7.05. The predicted octanol–water partition coefficient (Wildman–Crippen LogP) is 2.90. The SMILES string of the molecule is Brc1cc2c(c(CNCCC3CCOC3)c1)OCC2. The number of ether oxygens (including phenoxy) is 2. The first kappa shape index (κ1) is 13.4. The van der Waals surface area contributed by atoms with Crippen molar-refractivity contribution in [3.05, 3.63) is 27.7 Å². The maximum absolute atomic E-state index is 5.73. The molecule has 0 spiro atoms. The Kier molecular flexibility index (Phi) is 4.41. The smallest absolute Gasteiger partial charge is 0.127 e. The highest BCUT2D eigenvalue weighted by atomic mass is 79.9. The van der Waals surface area contributed by atoms with Crippen molar-refractivity contribution >= 4 is 15.9 Å². The van der Waals surface area contributed by atoms with E-state index < -0.39 is 0 Å². The Labute approximate surface area is 122 Å². The van der Waals surface area contributed by atoms with Gasteiger partial charge in [0, 0.05) is 36.2 Å². The molecular weight excluding hydrogens is 306 g/mol. The molecule has 1 fully saturated rings. The molecule has 1 unspecified atom stereocenters. The Hall–Kier alpha value is -0.580. The summed E-state index contributed by atoms with van der Waals surface area (Å²) >= 11 is 3.58. The van der Waals surface area contributed by atoms with Crippen LogP contribution in [0.4, 0.5) is 0 Å². The average molecular weight is 326 g/mol. The van der Waals surface area contributed by atoms with Crippen molar-refractivity contribution in [3.63, 3.8) is 0 Å². The molecule has 3 rings (SSSR count). The van der Waals surface area contributed by atoms with Crippen molar-refractivity contribution in [2.24, 2.45) is 5.92 Å². The number of rotatable bonds is 5. The van der Waals surface area contributed by atoms with E-state index in [0.717, 1.165) is 55.5 Å². The molecule has 0 saturated carbocycles. The third-order valence-electron chi connectivity index (χ3n) is 3.89. The molecule has 3 nitrogen and oxygen atoms in total. The van der Waals surface area contributed by atoms with Crippen LogP contribution in [-0.2, 0) is 17.7 Å². The quantitative estimate of drug-likeness (QED) is 0.844. The minimum Gasteiger partial charge on any atom is -0.493 e. The Balaban J connectivity index is 1.52. The molecule has 0 aliphatic carbocycles. The van der Waals surface area contributed by atoms with Gasteiger partial charge in [0.1, 0.15) is 5.75 Å². The summed E-state index contributed by atoms with van der Waals surface area (Å²) in [5.41, 5.74) is 2.60. The molecule has 1 atom stereocenters. The van der Waals surface area contributed by atoms with Gasteiger partial charge < -0.3 is 14.8 Å². The van der Waals surface area contributed by atoms with Crippen molar-refractivity contribution in [1.82, 2.24) is 5.32 Å². The minimum absolute atomic E-state index is 0.747. The van der Waals surface area contributed by atoms with Crippen LogP contribution in [0.25, 0.3) is 0 Å². The van der Waals surface area contributed by atoms with E-state index in [-0.39, 0.29) is 0 Å². The fourth-order valence-corrected chi connectivity index (χ4v) is 3.37. The zero-order valence-corrected chi connectivity index (χ0v) is 12.7. The fourth-order valence-electron chi connectivity index (χ4n) is 2.82. The summed E-state index contributed by atoms with van der Waals surface area (Å²) in [5.74, 6) is 1.84. The van der Waals surface area contributed by atoms with Gasteiger partial charge in [0.25, 0.3) is 0 Å². The molecule has 1 aromatic carbocycles. The number of benzene rings is 1. The third-order valence-corrected chi connectivity index (χ3v) is 4.35. The number of fused-ring (bicyclic) bond motifs is 1. The van der Waals surface area contributed by atoms with E-state index in [2.05, 4.69) is 33.4 Å². The standard InChI is InChI=1S/C15H20BrNO2/c16-14-7-12-3-6-19-15(12)13(8-14)9-17-4-1-11-2-5-18-10-11/h7-8,11,17H,1-6,9-10H2. The van der Waals surface area contributed by atoms with Gasteiger partial charge in [0.05, 0.1) is 6.61 Å². The van der Waals surface area contributed by atoms with Gasteiger partial charge in [-0.05, 0) is 43.0 Å². The fraction of sp³-hybridized carbons (Fsp3) is 0.600. The summed E-state index contributed by atoms with van der Waals surface area (Å²) in [6, 6.07) is 4.33. The molecule has 2 aliphatic rings. The van der Waals surface area contributed by atoms with Crippen molar-refractivity contribution in [2.45, 2.75) is 25.8 Å². The summed E-state index contributed by atoms with van der Waals surface area (Å²) in [5, 5.41) is 3.53. The molecule has 1 N–H and O–H groups in total. The summed E-state index contributed by atoms with van der Waals surface area (Å²) in [7, 11) is 0. The molecule has 0 amide bonds. The van der Waals surface area contributed by atoms with Crippen LogP contribution in [0.3, 0.4) is 0 Å². The number of hydrogen-bond donors (Lipinski definition) is 1. The summed E-state index contributed by atoms with van der Waals surface area (Å²) in [6.45, 7) is 4.64. The van der Waals surface area contributed by atoms with Gasteiger partial charge in [0.15, 0.2) is 0 Å².